The largest absolute Gasteiger partial charge is 0.492 e. The van der Waals surface area contributed by atoms with Crippen LogP contribution in [-0.2, 0) is 0 Å². The number of rotatable bonds is 6. The number of likely N-dealkylation sites (N-methyl/N-ethyl adjacent to an activating group) is 1. The molecule has 3 heteroatoms. The molecule has 0 heterocycles. The van der Waals surface area contributed by atoms with Gasteiger partial charge in [-0.1, -0.05) is 25.3 Å². The van der Waals surface area contributed by atoms with Gasteiger partial charge >= 0.3 is 0 Å². The van der Waals surface area contributed by atoms with E-state index in [1.54, 1.807) is 12.1 Å². The molecule has 2 rings (SSSR count). The van der Waals surface area contributed by atoms with Gasteiger partial charge < -0.3 is 9.64 Å². The smallest absolute Gasteiger partial charge is 0.120 e. The maximum Gasteiger partial charge on any atom is 0.120 e. The van der Waals surface area contributed by atoms with Crippen LogP contribution in [-0.4, -0.2) is 31.6 Å². The van der Waals surface area contributed by atoms with Crippen molar-refractivity contribution in [2.45, 2.75) is 32.1 Å². The van der Waals surface area contributed by atoms with Gasteiger partial charge in [0.2, 0.25) is 0 Å². The third-order valence-electron chi connectivity index (χ3n) is 4.00. The molecule has 20 heavy (non-hydrogen) atoms. The number of ether oxygens (including phenoxy) is 1. The molecule has 0 aromatic heterocycles. The highest BCUT2D eigenvalue weighted by molar-refractivity contribution is 5.36. The van der Waals surface area contributed by atoms with Gasteiger partial charge in [0.05, 0.1) is 11.6 Å². The Hall–Kier alpha value is -1.53. The van der Waals surface area contributed by atoms with Crippen molar-refractivity contribution in [1.29, 1.82) is 5.26 Å². The summed E-state index contributed by atoms with van der Waals surface area (Å²) in [7, 11) is 2.17. The van der Waals surface area contributed by atoms with E-state index in [1.165, 1.54) is 38.6 Å². The molecule has 1 aliphatic rings. The third kappa shape index (κ3) is 4.86. The lowest BCUT2D eigenvalue weighted by atomic mass is 9.89. The fourth-order valence-corrected chi connectivity index (χ4v) is 2.88. The second-order valence-electron chi connectivity index (χ2n) is 5.75. The number of nitrogens with zero attached hydrogens (tertiary/aromatic N) is 2. The van der Waals surface area contributed by atoms with E-state index >= 15 is 0 Å². The molecular formula is C17H24N2O. The van der Waals surface area contributed by atoms with Crippen molar-refractivity contribution in [2.75, 3.05) is 26.7 Å². The van der Waals surface area contributed by atoms with Crippen molar-refractivity contribution >= 4 is 0 Å². The molecule has 0 spiro atoms. The highest BCUT2D eigenvalue weighted by Gasteiger charge is 2.15. The van der Waals surface area contributed by atoms with Crippen LogP contribution < -0.4 is 4.74 Å². The van der Waals surface area contributed by atoms with Gasteiger partial charge in [0.15, 0.2) is 0 Å². The summed E-state index contributed by atoms with van der Waals surface area (Å²) in [6, 6.07) is 9.48. The minimum absolute atomic E-state index is 0.651. The molecule has 0 unspecified atom stereocenters. The van der Waals surface area contributed by atoms with Gasteiger partial charge in [0.1, 0.15) is 12.4 Å². The lowest BCUT2D eigenvalue weighted by molar-refractivity contribution is 0.195. The van der Waals surface area contributed by atoms with Crippen molar-refractivity contribution < 1.29 is 4.74 Å². The first-order valence-corrected chi connectivity index (χ1v) is 7.59. The Labute approximate surface area is 122 Å². The molecule has 0 atom stereocenters. The van der Waals surface area contributed by atoms with Crippen LogP contribution in [0.3, 0.4) is 0 Å². The maximum absolute atomic E-state index is 8.84. The molecule has 1 aliphatic carbocycles. The molecule has 0 saturated heterocycles. The summed E-state index contributed by atoms with van der Waals surface area (Å²) in [6.07, 6.45) is 6.98. The quantitative estimate of drug-likeness (QED) is 0.796. The molecule has 0 radical (unpaired) electrons. The zero-order chi connectivity index (χ0) is 14.2. The van der Waals surface area contributed by atoms with Gasteiger partial charge in [0, 0.05) is 13.1 Å². The Balaban J connectivity index is 1.68. The van der Waals surface area contributed by atoms with Gasteiger partial charge in [-0.25, -0.2) is 0 Å². The molecule has 1 aromatic rings. The Morgan fingerprint density at radius 2 is 2.10 bits per heavy atom. The van der Waals surface area contributed by atoms with Crippen LogP contribution in [0.2, 0.25) is 0 Å². The number of nitriles is 1. The highest BCUT2D eigenvalue weighted by Crippen LogP contribution is 2.24. The predicted molar refractivity (Wildman–Crippen MR) is 80.7 cm³/mol. The van der Waals surface area contributed by atoms with Crippen molar-refractivity contribution in [3.05, 3.63) is 29.8 Å². The first kappa shape index (κ1) is 14.9. The summed E-state index contributed by atoms with van der Waals surface area (Å²) in [6.45, 7) is 2.80. The second kappa shape index (κ2) is 7.91. The normalized spacial score (nSPS) is 16.1. The van der Waals surface area contributed by atoms with E-state index in [1.807, 2.05) is 12.1 Å². The summed E-state index contributed by atoms with van der Waals surface area (Å²) in [4.78, 5) is 2.37. The standard InChI is InChI=1S/C17H24N2O/c1-19(14-15-6-3-2-4-7-15)10-11-20-17-9-5-8-16(12-17)13-18/h5,8-9,12,15H,2-4,6-7,10-11,14H2,1H3. The average molecular weight is 272 g/mol. The van der Waals surface area contributed by atoms with Crippen molar-refractivity contribution in [1.82, 2.24) is 4.90 Å². The van der Waals surface area contributed by atoms with Crippen molar-refractivity contribution in [3.63, 3.8) is 0 Å². The molecule has 0 amide bonds. The molecule has 0 N–H and O–H groups in total. The zero-order valence-electron chi connectivity index (χ0n) is 12.3. The Morgan fingerprint density at radius 3 is 2.85 bits per heavy atom. The minimum Gasteiger partial charge on any atom is -0.492 e. The van der Waals surface area contributed by atoms with E-state index in [4.69, 9.17) is 10.00 Å². The van der Waals surface area contributed by atoms with Crippen LogP contribution in [0.25, 0.3) is 0 Å². The Kier molecular flexibility index (Phi) is 5.88. The highest BCUT2D eigenvalue weighted by atomic mass is 16.5. The van der Waals surface area contributed by atoms with Crippen molar-refractivity contribution in [3.8, 4) is 11.8 Å². The van der Waals surface area contributed by atoms with Crippen LogP contribution in [0, 0.1) is 17.2 Å². The topological polar surface area (TPSA) is 36.3 Å². The van der Waals surface area contributed by atoms with E-state index in [9.17, 15) is 0 Å². The number of benzene rings is 1. The predicted octanol–water partition coefficient (Wildman–Crippen LogP) is 3.45. The molecule has 0 bridgehead atoms. The van der Waals surface area contributed by atoms with Crippen LogP contribution in [0.1, 0.15) is 37.7 Å². The van der Waals surface area contributed by atoms with Crippen LogP contribution in [0.4, 0.5) is 0 Å². The van der Waals surface area contributed by atoms with Gasteiger partial charge in [-0.2, -0.15) is 5.26 Å². The third-order valence-corrected chi connectivity index (χ3v) is 4.00. The van der Waals surface area contributed by atoms with E-state index in [0.717, 1.165) is 18.2 Å². The molecule has 0 aliphatic heterocycles. The van der Waals surface area contributed by atoms with E-state index in [0.29, 0.717) is 12.2 Å². The number of hydrogen-bond acceptors (Lipinski definition) is 3. The molecule has 3 nitrogen and oxygen atoms in total. The zero-order valence-corrected chi connectivity index (χ0v) is 12.3. The first-order valence-electron chi connectivity index (χ1n) is 7.59. The summed E-state index contributed by atoms with van der Waals surface area (Å²) in [5, 5.41) is 8.84. The lowest BCUT2D eigenvalue weighted by Gasteiger charge is -2.26. The first-order chi connectivity index (χ1) is 9.78. The molecule has 108 valence electrons. The van der Waals surface area contributed by atoms with Crippen LogP contribution >= 0.6 is 0 Å². The summed E-state index contributed by atoms with van der Waals surface area (Å²) >= 11 is 0. The molecule has 1 aromatic carbocycles. The molecule has 1 fully saturated rings. The average Bonchev–Trinajstić information content (AvgIpc) is 2.48. The maximum atomic E-state index is 8.84. The monoisotopic (exact) mass is 272 g/mol. The fraction of sp³-hybridized carbons (Fsp3) is 0.588. The SMILES string of the molecule is CN(CCOc1cccc(C#N)c1)CC1CCCCC1. The van der Waals surface area contributed by atoms with E-state index in [-0.39, 0.29) is 0 Å². The van der Waals surface area contributed by atoms with Gasteiger partial charge in [-0.05, 0) is 44.0 Å². The molecular weight excluding hydrogens is 248 g/mol. The fourth-order valence-electron chi connectivity index (χ4n) is 2.88. The lowest BCUT2D eigenvalue weighted by Crippen LogP contribution is -2.30. The minimum atomic E-state index is 0.651. The van der Waals surface area contributed by atoms with Gasteiger partial charge in [0.25, 0.3) is 0 Å². The summed E-state index contributed by atoms with van der Waals surface area (Å²) < 4.78 is 5.72. The Morgan fingerprint density at radius 1 is 1.30 bits per heavy atom. The van der Waals surface area contributed by atoms with Crippen LogP contribution in [0.15, 0.2) is 24.3 Å². The van der Waals surface area contributed by atoms with Gasteiger partial charge in [-0.3, -0.25) is 0 Å². The van der Waals surface area contributed by atoms with Crippen LogP contribution in [0.5, 0.6) is 5.75 Å². The summed E-state index contributed by atoms with van der Waals surface area (Å²) in [5.74, 6) is 1.66. The Bertz CT molecular complexity index is 447. The summed E-state index contributed by atoms with van der Waals surface area (Å²) in [5.41, 5.74) is 0.651. The van der Waals surface area contributed by atoms with E-state index < -0.39 is 0 Å². The molecule has 1 saturated carbocycles. The van der Waals surface area contributed by atoms with Gasteiger partial charge in [-0.15, -0.1) is 0 Å². The second-order valence-corrected chi connectivity index (χ2v) is 5.75. The van der Waals surface area contributed by atoms with E-state index in [2.05, 4.69) is 18.0 Å². The number of hydrogen-bond donors (Lipinski definition) is 0. The van der Waals surface area contributed by atoms with Crippen molar-refractivity contribution in [2.24, 2.45) is 5.92 Å².